The predicted molar refractivity (Wildman–Crippen MR) is 69.0 cm³/mol. The Bertz CT molecular complexity index is 393. The van der Waals surface area contributed by atoms with E-state index in [1.54, 1.807) is 7.11 Å². The number of carbonyl (C=O) groups excluding carboxylic acids is 1. The summed E-state index contributed by atoms with van der Waals surface area (Å²) >= 11 is 0. The van der Waals surface area contributed by atoms with E-state index < -0.39 is 0 Å². The summed E-state index contributed by atoms with van der Waals surface area (Å²) in [5, 5.41) is 2.99. The third-order valence-corrected chi connectivity index (χ3v) is 2.63. The second-order valence-corrected chi connectivity index (χ2v) is 5.19. The van der Waals surface area contributed by atoms with E-state index in [0.717, 1.165) is 11.3 Å². The van der Waals surface area contributed by atoms with E-state index in [9.17, 15) is 4.79 Å². The van der Waals surface area contributed by atoms with Gasteiger partial charge in [-0.05, 0) is 13.0 Å². The fourth-order valence-electron chi connectivity index (χ4n) is 1.52. The highest BCUT2D eigenvalue weighted by Crippen LogP contribution is 2.25. The maximum atomic E-state index is 11.9. The van der Waals surface area contributed by atoms with Crippen LogP contribution in [0.5, 0.6) is 5.75 Å². The summed E-state index contributed by atoms with van der Waals surface area (Å²) in [6.45, 7) is 7.66. The number of benzene rings is 1. The van der Waals surface area contributed by atoms with Gasteiger partial charge in [0.2, 0.25) is 5.91 Å². The Labute approximate surface area is 103 Å². The van der Waals surface area contributed by atoms with Crippen LogP contribution >= 0.6 is 0 Å². The Kier molecular flexibility index (Phi) is 4.16. The van der Waals surface area contributed by atoms with Gasteiger partial charge in [-0.15, -0.1) is 0 Å². The molecule has 0 aliphatic rings. The van der Waals surface area contributed by atoms with E-state index in [0.29, 0.717) is 0 Å². The predicted octanol–water partition coefficient (Wildman–Crippen LogP) is 2.92. The lowest BCUT2D eigenvalue weighted by molar-refractivity contribution is -0.129. The zero-order valence-corrected chi connectivity index (χ0v) is 11.2. The van der Waals surface area contributed by atoms with Crippen LogP contribution in [0.3, 0.4) is 0 Å². The smallest absolute Gasteiger partial charge is 0.225 e. The molecule has 0 aliphatic heterocycles. The van der Waals surface area contributed by atoms with Crippen LogP contribution in [0.25, 0.3) is 0 Å². The first-order valence-corrected chi connectivity index (χ1v) is 5.80. The van der Waals surface area contributed by atoms with E-state index in [2.05, 4.69) is 5.32 Å². The van der Waals surface area contributed by atoms with Crippen molar-refractivity contribution in [1.29, 1.82) is 0 Å². The summed E-state index contributed by atoms with van der Waals surface area (Å²) in [5.74, 6) is 0.838. The first-order valence-electron chi connectivity index (χ1n) is 5.80. The molecule has 1 rings (SSSR count). The molecular weight excluding hydrogens is 214 g/mol. The van der Waals surface area contributed by atoms with Gasteiger partial charge < -0.3 is 10.1 Å². The van der Waals surface area contributed by atoms with Gasteiger partial charge in [0, 0.05) is 11.0 Å². The minimum Gasteiger partial charge on any atom is -0.496 e. The number of methoxy groups -OCH3 is 1. The van der Waals surface area contributed by atoms with Gasteiger partial charge in [0.1, 0.15) is 5.75 Å². The maximum Gasteiger partial charge on any atom is 0.225 e. The fraction of sp³-hybridized carbons (Fsp3) is 0.500. The number of hydrogen-bond donors (Lipinski definition) is 1. The second kappa shape index (κ2) is 5.21. The molecule has 0 unspecified atom stereocenters. The number of hydrogen-bond acceptors (Lipinski definition) is 2. The third kappa shape index (κ3) is 3.48. The van der Waals surface area contributed by atoms with Crippen molar-refractivity contribution in [1.82, 2.24) is 5.32 Å². The molecule has 0 radical (unpaired) electrons. The van der Waals surface area contributed by atoms with Gasteiger partial charge in [0.15, 0.2) is 0 Å². The van der Waals surface area contributed by atoms with E-state index in [-0.39, 0.29) is 17.4 Å². The first kappa shape index (κ1) is 13.6. The monoisotopic (exact) mass is 235 g/mol. The minimum atomic E-state index is -0.379. The molecule has 94 valence electrons. The maximum absolute atomic E-state index is 11.9. The van der Waals surface area contributed by atoms with Crippen molar-refractivity contribution < 1.29 is 9.53 Å². The summed E-state index contributed by atoms with van der Waals surface area (Å²) in [5.41, 5.74) is 0.614. The molecule has 1 N–H and O–H groups in total. The van der Waals surface area contributed by atoms with Crippen molar-refractivity contribution in [3.63, 3.8) is 0 Å². The fourth-order valence-corrected chi connectivity index (χ4v) is 1.52. The van der Waals surface area contributed by atoms with Crippen molar-refractivity contribution in [2.24, 2.45) is 5.41 Å². The Hall–Kier alpha value is -1.51. The summed E-state index contributed by atoms with van der Waals surface area (Å²) in [4.78, 5) is 11.9. The number of para-hydroxylation sites is 1. The average Bonchev–Trinajstić information content (AvgIpc) is 2.27. The van der Waals surface area contributed by atoms with Crippen molar-refractivity contribution >= 4 is 5.91 Å². The molecule has 0 bridgehead atoms. The highest BCUT2D eigenvalue weighted by molar-refractivity contribution is 5.81. The van der Waals surface area contributed by atoms with Gasteiger partial charge in [0.25, 0.3) is 0 Å². The van der Waals surface area contributed by atoms with Crippen molar-refractivity contribution in [3.8, 4) is 5.75 Å². The van der Waals surface area contributed by atoms with Crippen LogP contribution in [0.2, 0.25) is 0 Å². The number of nitrogens with one attached hydrogen (secondary N) is 1. The molecule has 0 saturated carbocycles. The van der Waals surface area contributed by atoms with Gasteiger partial charge in [-0.2, -0.15) is 0 Å². The zero-order chi connectivity index (χ0) is 13.1. The lowest BCUT2D eigenvalue weighted by Gasteiger charge is -2.23. The normalized spacial score (nSPS) is 13.0. The Balaban J connectivity index is 2.83. The molecule has 3 nitrogen and oxygen atoms in total. The van der Waals surface area contributed by atoms with Gasteiger partial charge in [0.05, 0.1) is 13.2 Å². The van der Waals surface area contributed by atoms with Crippen molar-refractivity contribution in [2.75, 3.05) is 7.11 Å². The number of ether oxygens (including phenoxy) is 1. The van der Waals surface area contributed by atoms with Gasteiger partial charge in [-0.1, -0.05) is 39.0 Å². The first-order chi connectivity index (χ1) is 7.86. The SMILES string of the molecule is COc1ccccc1[C@@H](C)NC(=O)C(C)(C)C. The van der Waals surface area contributed by atoms with E-state index >= 15 is 0 Å². The Morgan fingerprint density at radius 2 is 1.88 bits per heavy atom. The molecule has 17 heavy (non-hydrogen) atoms. The van der Waals surface area contributed by atoms with Crippen molar-refractivity contribution in [2.45, 2.75) is 33.7 Å². The quantitative estimate of drug-likeness (QED) is 0.874. The Morgan fingerprint density at radius 3 is 2.41 bits per heavy atom. The van der Waals surface area contributed by atoms with Crippen LogP contribution < -0.4 is 10.1 Å². The molecule has 0 heterocycles. The van der Waals surface area contributed by atoms with Crippen molar-refractivity contribution in [3.05, 3.63) is 29.8 Å². The Morgan fingerprint density at radius 1 is 1.29 bits per heavy atom. The summed E-state index contributed by atoms with van der Waals surface area (Å²) < 4.78 is 5.28. The van der Waals surface area contributed by atoms with E-state index in [1.165, 1.54) is 0 Å². The molecule has 1 aromatic carbocycles. The lowest BCUT2D eigenvalue weighted by Crippen LogP contribution is -2.36. The summed E-state index contributed by atoms with van der Waals surface area (Å²) in [6, 6.07) is 7.66. The molecule has 0 fully saturated rings. The number of amides is 1. The second-order valence-electron chi connectivity index (χ2n) is 5.19. The van der Waals surface area contributed by atoms with Crippen LogP contribution in [0.1, 0.15) is 39.3 Å². The molecule has 3 heteroatoms. The van der Waals surface area contributed by atoms with Crippen LogP contribution in [0, 0.1) is 5.41 Å². The average molecular weight is 235 g/mol. The lowest BCUT2D eigenvalue weighted by atomic mass is 9.94. The number of carbonyl (C=O) groups is 1. The van der Waals surface area contributed by atoms with E-state index in [4.69, 9.17) is 4.74 Å². The van der Waals surface area contributed by atoms with Gasteiger partial charge >= 0.3 is 0 Å². The highest BCUT2D eigenvalue weighted by atomic mass is 16.5. The number of rotatable bonds is 3. The van der Waals surface area contributed by atoms with Gasteiger partial charge in [-0.3, -0.25) is 4.79 Å². The summed E-state index contributed by atoms with van der Waals surface area (Å²) in [6.07, 6.45) is 0. The molecule has 0 saturated heterocycles. The minimum absolute atomic E-state index is 0.0379. The van der Waals surface area contributed by atoms with E-state index in [1.807, 2.05) is 52.0 Å². The van der Waals surface area contributed by atoms with Crippen LogP contribution in [0.15, 0.2) is 24.3 Å². The molecule has 0 spiro atoms. The molecule has 0 aliphatic carbocycles. The largest absolute Gasteiger partial charge is 0.496 e. The van der Waals surface area contributed by atoms with Crippen LogP contribution in [0.4, 0.5) is 0 Å². The summed E-state index contributed by atoms with van der Waals surface area (Å²) in [7, 11) is 1.64. The molecule has 1 atom stereocenters. The standard InChI is InChI=1S/C14H21NO2/c1-10(15-13(16)14(2,3)4)11-8-6-7-9-12(11)17-5/h6-10H,1-5H3,(H,15,16)/t10-/m1/s1. The molecule has 0 aromatic heterocycles. The molecular formula is C14H21NO2. The van der Waals surface area contributed by atoms with Gasteiger partial charge in [-0.25, -0.2) is 0 Å². The van der Waals surface area contributed by atoms with Crippen LogP contribution in [-0.4, -0.2) is 13.0 Å². The zero-order valence-electron chi connectivity index (χ0n) is 11.2. The van der Waals surface area contributed by atoms with Crippen LogP contribution in [-0.2, 0) is 4.79 Å². The highest BCUT2D eigenvalue weighted by Gasteiger charge is 2.23. The molecule has 1 amide bonds. The topological polar surface area (TPSA) is 38.3 Å². The molecule has 1 aromatic rings. The third-order valence-electron chi connectivity index (χ3n) is 2.63.